The van der Waals surface area contributed by atoms with Crippen LogP contribution in [0.3, 0.4) is 0 Å². The lowest BCUT2D eigenvalue weighted by atomic mass is 10.1. The predicted octanol–water partition coefficient (Wildman–Crippen LogP) is 3.48. The summed E-state index contributed by atoms with van der Waals surface area (Å²) in [6.07, 6.45) is 7.10. The van der Waals surface area contributed by atoms with E-state index in [1.54, 1.807) is 0 Å². The molecule has 1 aliphatic rings. The van der Waals surface area contributed by atoms with Gasteiger partial charge in [0.25, 0.3) is 0 Å². The van der Waals surface area contributed by atoms with Gasteiger partial charge in [0, 0.05) is 18.2 Å². The van der Waals surface area contributed by atoms with Crippen LogP contribution in [-0.4, -0.2) is 14.9 Å². The molecule has 0 amide bonds. The molecule has 108 valence electrons. The van der Waals surface area contributed by atoms with E-state index in [4.69, 9.17) is 4.42 Å². The molecule has 1 unspecified atom stereocenters. The predicted molar refractivity (Wildman–Crippen MR) is 76.6 cm³/mol. The average molecular weight is 274 g/mol. The molecule has 0 bridgehead atoms. The number of aromatic nitrogens is 2. The third kappa shape index (κ3) is 2.66. The molecule has 0 saturated heterocycles. The van der Waals surface area contributed by atoms with E-state index in [1.807, 2.05) is 32.2 Å². The summed E-state index contributed by atoms with van der Waals surface area (Å²) in [4.78, 5) is 0. The highest BCUT2D eigenvalue weighted by Crippen LogP contribution is 2.29. The Morgan fingerprint density at radius 1 is 1.40 bits per heavy atom. The molecule has 0 spiro atoms. The molecular weight excluding hydrogens is 252 g/mol. The summed E-state index contributed by atoms with van der Waals surface area (Å²) in [5.41, 5.74) is 1.82. The Balaban J connectivity index is 1.69. The normalized spacial score (nSPS) is 17.8. The molecule has 1 saturated carbocycles. The molecule has 1 fully saturated rings. The molecule has 4 heteroatoms. The van der Waals surface area contributed by atoms with E-state index in [2.05, 4.69) is 9.78 Å². The van der Waals surface area contributed by atoms with Crippen LogP contribution in [0.25, 0.3) is 0 Å². The Morgan fingerprint density at radius 3 is 2.80 bits per heavy atom. The number of hydrogen-bond acceptors (Lipinski definition) is 3. The maximum absolute atomic E-state index is 10.3. The summed E-state index contributed by atoms with van der Waals surface area (Å²) in [5, 5.41) is 15.0. The van der Waals surface area contributed by atoms with Crippen LogP contribution in [0.15, 0.2) is 22.7 Å². The third-order valence-corrected chi connectivity index (χ3v) is 4.20. The zero-order valence-electron chi connectivity index (χ0n) is 12.2. The van der Waals surface area contributed by atoms with Crippen LogP contribution in [0.4, 0.5) is 0 Å². The van der Waals surface area contributed by atoms with Gasteiger partial charge >= 0.3 is 0 Å². The van der Waals surface area contributed by atoms with E-state index in [0.29, 0.717) is 12.5 Å². The fourth-order valence-electron chi connectivity index (χ4n) is 3.15. The molecule has 4 nitrogen and oxygen atoms in total. The fraction of sp³-hybridized carbons (Fsp3) is 0.562. The molecular formula is C16H22N2O2. The minimum Gasteiger partial charge on any atom is -0.466 e. The van der Waals surface area contributed by atoms with Crippen molar-refractivity contribution in [2.24, 2.45) is 0 Å². The van der Waals surface area contributed by atoms with E-state index in [-0.39, 0.29) is 0 Å². The van der Waals surface area contributed by atoms with Crippen molar-refractivity contribution in [3.8, 4) is 0 Å². The Labute approximate surface area is 119 Å². The van der Waals surface area contributed by atoms with Gasteiger partial charge in [-0.15, -0.1) is 0 Å². The van der Waals surface area contributed by atoms with Crippen LogP contribution in [0.1, 0.15) is 60.6 Å². The van der Waals surface area contributed by atoms with Crippen molar-refractivity contribution in [2.75, 3.05) is 0 Å². The summed E-state index contributed by atoms with van der Waals surface area (Å²) < 4.78 is 7.55. The van der Waals surface area contributed by atoms with Gasteiger partial charge in [-0.05, 0) is 38.8 Å². The van der Waals surface area contributed by atoms with Gasteiger partial charge in [0.2, 0.25) is 0 Å². The Morgan fingerprint density at radius 2 is 2.15 bits per heavy atom. The lowest BCUT2D eigenvalue weighted by Gasteiger charge is -2.10. The van der Waals surface area contributed by atoms with Crippen LogP contribution in [0.5, 0.6) is 0 Å². The summed E-state index contributed by atoms with van der Waals surface area (Å²) in [7, 11) is 0. The molecule has 1 N–H and O–H groups in total. The van der Waals surface area contributed by atoms with E-state index in [9.17, 15) is 5.11 Å². The maximum atomic E-state index is 10.3. The fourth-order valence-corrected chi connectivity index (χ4v) is 3.15. The highest BCUT2D eigenvalue weighted by atomic mass is 16.3. The molecule has 0 radical (unpaired) electrons. The second-order valence-electron chi connectivity index (χ2n) is 5.81. The van der Waals surface area contributed by atoms with Crippen molar-refractivity contribution in [1.82, 2.24) is 9.78 Å². The lowest BCUT2D eigenvalue weighted by Crippen LogP contribution is -2.07. The molecule has 1 atom stereocenters. The van der Waals surface area contributed by atoms with Crippen LogP contribution in [-0.2, 0) is 6.42 Å². The zero-order chi connectivity index (χ0) is 14.1. The largest absolute Gasteiger partial charge is 0.466 e. The molecule has 20 heavy (non-hydrogen) atoms. The standard InChI is InChI=1S/C16H22N2O2/c1-11-9-15(12(2)20-11)16(19)10-13-7-8-18(17-13)14-5-3-4-6-14/h7-9,14,16,19H,3-6,10H2,1-2H3. The number of aliphatic hydroxyl groups excluding tert-OH is 1. The third-order valence-electron chi connectivity index (χ3n) is 4.20. The minimum atomic E-state index is -0.542. The lowest BCUT2D eigenvalue weighted by molar-refractivity contribution is 0.174. The quantitative estimate of drug-likeness (QED) is 0.928. The number of aliphatic hydroxyl groups is 1. The summed E-state index contributed by atoms with van der Waals surface area (Å²) >= 11 is 0. The molecule has 0 aromatic carbocycles. The molecule has 2 heterocycles. The second kappa shape index (κ2) is 5.44. The average Bonchev–Trinajstić information content (AvgIpc) is 3.09. The first-order valence-corrected chi connectivity index (χ1v) is 7.42. The number of aryl methyl sites for hydroxylation is 2. The Kier molecular flexibility index (Phi) is 3.66. The maximum Gasteiger partial charge on any atom is 0.106 e. The van der Waals surface area contributed by atoms with E-state index < -0.39 is 6.10 Å². The van der Waals surface area contributed by atoms with Gasteiger partial charge in [-0.1, -0.05) is 12.8 Å². The van der Waals surface area contributed by atoms with Crippen molar-refractivity contribution >= 4 is 0 Å². The number of rotatable bonds is 4. The topological polar surface area (TPSA) is 51.2 Å². The second-order valence-corrected chi connectivity index (χ2v) is 5.81. The van der Waals surface area contributed by atoms with Gasteiger partial charge in [0.05, 0.1) is 17.8 Å². The van der Waals surface area contributed by atoms with Gasteiger partial charge in [-0.25, -0.2) is 0 Å². The molecule has 0 aliphatic heterocycles. The van der Waals surface area contributed by atoms with E-state index in [0.717, 1.165) is 22.8 Å². The van der Waals surface area contributed by atoms with Crippen LogP contribution in [0, 0.1) is 13.8 Å². The summed E-state index contributed by atoms with van der Waals surface area (Å²) in [5.74, 6) is 1.64. The Hall–Kier alpha value is -1.55. The summed E-state index contributed by atoms with van der Waals surface area (Å²) in [6.45, 7) is 3.79. The SMILES string of the molecule is Cc1cc(C(O)Cc2ccn(C3CCCC3)n2)c(C)o1. The number of furan rings is 1. The van der Waals surface area contributed by atoms with Gasteiger partial charge in [-0.3, -0.25) is 4.68 Å². The Bertz CT molecular complexity index is 579. The van der Waals surface area contributed by atoms with Gasteiger partial charge < -0.3 is 9.52 Å². The van der Waals surface area contributed by atoms with Gasteiger partial charge in [0.1, 0.15) is 11.5 Å². The zero-order valence-corrected chi connectivity index (χ0v) is 12.2. The smallest absolute Gasteiger partial charge is 0.106 e. The first-order chi connectivity index (χ1) is 9.63. The minimum absolute atomic E-state index is 0.541. The first-order valence-electron chi connectivity index (χ1n) is 7.42. The molecule has 2 aromatic heterocycles. The van der Waals surface area contributed by atoms with Crippen LogP contribution in [0.2, 0.25) is 0 Å². The number of hydrogen-bond donors (Lipinski definition) is 1. The van der Waals surface area contributed by atoms with Gasteiger partial charge in [-0.2, -0.15) is 5.10 Å². The van der Waals surface area contributed by atoms with Crippen molar-refractivity contribution in [1.29, 1.82) is 0 Å². The van der Waals surface area contributed by atoms with Crippen molar-refractivity contribution in [2.45, 2.75) is 58.1 Å². The van der Waals surface area contributed by atoms with Gasteiger partial charge in [0.15, 0.2) is 0 Å². The summed E-state index contributed by atoms with van der Waals surface area (Å²) in [6, 6.07) is 4.48. The van der Waals surface area contributed by atoms with Crippen molar-refractivity contribution in [3.63, 3.8) is 0 Å². The van der Waals surface area contributed by atoms with E-state index >= 15 is 0 Å². The highest BCUT2D eigenvalue weighted by Gasteiger charge is 2.19. The van der Waals surface area contributed by atoms with Crippen molar-refractivity contribution in [3.05, 3.63) is 41.1 Å². The van der Waals surface area contributed by atoms with E-state index in [1.165, 1.54) is 25.7 Å². The molecule has 1 aliphatic carbocycles. The molecule has 2 aromatic rings. The highest BCUT2D eigenvalue weighted by molar-refractivity contribution is 5.24. The first kappa shape index (κ1) is 13.4. The number of nitrogens with zero attached hydrogens (tertiary/aromatic N) is 2. The van der Waals surface area contributed by atoms with Crippen molar-refractivity contribution < 1.29 is 9.52 Å². The molecule has 3 rings (SSSR count). The monoisotopic (exact) mass is 274 g/mol. The van der Waals surface area contributed by atoms with Crippen LogP contribution < -0.4 is 0 Å². The van der Waals surface area contributed by atoms with Crippen LogP contribution >= 0.6 is 0 Å².